The van der Waals surface area contributed by atoms with Gasteiger partial charge in [0.25, 0.3) is 0 Å². The molecule has 0 spiro atoms. The zero-order chi connectivity index (χ0) is 26.5. The number of aromatic carboxylic acids is 1. The third kappa shape index (κ3) is 8.80. The summed E-state index contributed by atoms with van der Waals surface area (Å²) < 4.78 is 9.53. The minimum absolute atomic E-state index is 0.0459. The number of ether oxygens (including phenoxy) is 2. The molecule has 188 valence electrons. The number of rotatable bonds is 7. The van der Waals surface area contributed by atoms with Gasteiger partial charge in [-0.15, -0.1) is 0 Å². The quantitative estimate of drug-likeness (QED) is 0.289. The van der Waals surface area contributed by atoms with Crippen molar-refractivity contribution in [1.29, 1.82) is 0 Å². The van der Waals surface area contributed by atoms with Gasteiger partial charge in [-0.3, -0.25) is 9.59 Å². The molecular formula is C24H29N3O8. The lowest BCUT2D eigenvalue weighted by atomic mass is 10.3. The zero-order valence-electron chi connectivity index (χ0n) is 20.2. The summed E-state index contributed by atoms with van der Waals surface area (Å²) in [5.74, 6) is -1.78. The molecular weight excluding hydrogens is 458 g/mol. The average Bonchev–Trinajstić information content (AvgIpc) is 3.53. The van der Waals surface area contributed by atoms with Gasteiger partial charge in [0.2, 0.25) is 0 Å². The van der Waals surface area contributed by atoms with Crippen LogP contribution in [0.3, 0.4) is 0 Å². The molecule has 0 aliphatic carbocycles. The molecule has 0 saturated carbocycles. The number of aromatic amines is 3. The Balaban J connectivity index is 0.000000264. The van der Waals surface area contributed by atoms with Gasteiger partial charge in [-0.2, -0.15) is 0 Å². The van der Waals surface area contributed by atoms with E-state index in [0.29, 0.717) is 54.1 Å². The van der Waals surface area contributed by atoms with Crippen molar-refractivity contribution >= 4 is 30.5 Å². The molecule has 3 aromatic heterocycles. The molecule has 0 radical (unpaired) electrons. The molecule has 0 aliphatic heterocycles. The fraction of sp³-hybridized carbons (Fsp3) is 0.292. The van der Waals surface area contributed by atoms with Crippen LogP contribution in [0.25, 0.3) is 0 Å². The van der Waals surface area contributed by atoms with E-state index >= 15 is 0 Å². The first-order chi connectivity index (χ1) is 16.6. The van der Waals surface area contributed by atoms with Crippen LogP contribution >= 0.6 is 0 Å². The van der Waals surface area contributed by atoms with E-state index in [1.807, 2.05) is 6.92 Å². The molecule has 11 heteroatoms. The number of nitrogens with one attached hydrogen (secondary N) is 3. The third-order valence-electron chi connectivity index (χ3n) is 4.39. The molecule has 0 fully saturated rings. The van der Waals surface area contributed by atoms with E-state index in [2.05, 4.69) is 15.0 Å². The van der Waals surface area contributed by atoms with Crippen molar-refractivity contribution in [1.82, 2.24) is 15.0 Å². The highest BCUT2D eigenvalue weighted by atomic mass is 16.5. The van der Waals surface area contributed by atoms with Gasteiger partial charge in [0, 0.05) is 6.20 Å². The third-order valence-corrected chi connectivity index (χ3v) is 4.39. The number of aldehydes is 2. The summed E-state index contributed by atoms with van der Waals surface area (Å²) >= 11 is 0. The Bertz CT molecular complexity index is 1170. The normalized spacial score (nSPS) is 9.63. The summed E-state index contributed by atoms with van der Waals surface area (Å²) in [7, 11) is 0. The van der Waals surface area contributed by atoms with Crippen LogP contribution in [0, 0.1) is 20.8 Å². The Morgan fingerprint density at radius 3 is 1.60 bits per heavy atom. The van der Waals surface area contributed by atoms with Crippen LogP contribution in [-0.2, 0) is 9.47 Å². The second kappa shape index (κ2) is 14.0. The highest BCUT2D eigenvalue weighted by molar-refractivity contribution is 5.90. The van der Waals surface area contributed by atoms with Crippen molar-refractivity contribution in [2.75, 3.05) is 13.2 Å². The molecule has 0 aromatic carbocycles. The molecule has 3 heterocycles. The number of carbonyl (C=O) groups is 5. The van der Waals surface area contributed by atoms with Gasteiger partial charge in [-0.25, -0.2) is 14.4 Å². The van der Waals surface area contributed by atoms with E-state index in [4.69, 9.17) is 14.6 Å². The number of aromatic nitrogens is 3. The van der Waals surface area contributed by atoms with Crippen molar-refractivity contribution in [2.24, 2.45) is 0 Å². The molecule has 3 aromatic rings. The smallest absolute Gasteiger partial charge is 0.354 e. The standard InChI is InChI=1S/C9H11NO3.C8H11NO2.C7H7NO3/c1-3-13-9(12)7-4-6(2)8(5-11)10-7;1-3-11-8(10)7-4-6(2)5-9-7;1-4-2-5(7(10)11)8-6(4)3-9/h4-5,10H,3H2,1-2H3;4-5,9H,3H2,1-2H3;2-3,8H,1H3,(H,10,11). The van der Waals surface area contributed by atoms with Gasteiger partial charge < -0.3 is 29.5 Å². The second-order valence-corrected chi connectivity index (χ2v) is 7.13. The number of aryl methyl sites for hydroxylation is 3. The van der Waals surface area contributed by atoms with Crippen LogP contribution in [-0.4, -0.2) is 63.8 Å². The maximum Gasteiger partial charge on any atom is 0.354 e. The topological polar surface area (TPSA) is 171 Å². The number of hydrogen-bond acceptors (Lipinski definition) is 7. The van der Waals surface area contributed by atoms with E-state index in [-0.39, 0.29) is 11.7 Å². The zero-order valence-corrected chi connectivity index (χ0v) is 20.2. The fourth-order valence-electron chi connectivity index (χ4n) is 2.66. The maximum atomic E-state index is 11.2. The molecule has 0 bridgehead atoms. The Morgan fingerprint density at radius 1 is 0.800 bits per heavy atom. The van der Waals surface area contributed by atoms with Gasteiger partial charge in [-0.1, -0.05) is 0 Å². The number of H-pyrrole nitrogens is 3. The van der Waals surface area contributed by atoms with Crippen LogP contribution in [0.5, 0.6) is 0 Å². The lowest BCUT2D eigenvalue weighted by Gasteiger charge is -1.96. The first kappa shape index (κ1) is 28.6. The second-order valence-electron chi connectivity index (χ2n) is 7.13. The molecule has 3 rings (SSSR count). The van der Waals surface area contributed by atoms with E-state index in [1.165, 1.54) is 6.07 Å². The van der Waals surface area contributed by atoms with Gasteiger partial charge in [-0.05, 0) is 69.5 Å². The maximum absolute atomic E-state index is 11.2. The van der Waals surface area contributed by atoms with Crippen LogP contribution in [0.4, 0.5) is 0 Å². The molecule has 0 saturated heterocycles. The molecule has 0 unspecified atom stereocenters. The Morgan fingerprint density at radius 2 is 1.26 bits per heavy atom. The van der Waals surface area contributed by atoms with Crippen LogP contribution in [0.1, 0.15) is 83.0 Å². The SMILES string of the molecule is CCOC(=O)c1cc(C)c(C=O)[nH]1.CCOC(=O)c1cc(C)c[nH]1.Cc1cc(C(=O)O)[nH]c1C=O. The van der Waals surface area contributed by atoms with Crippen molar-refractivity contribution in [3.05, 3.63) is 69.6 Å². The Labute approximate surface area is 201 Å². The molecule has 0 atom stereocenters. The van der Waals surface area contributed by atoms with Crippen LogP contribution in [0.15, 0.2) is 24.4 Å². The number of esters is 2. The number of carbonyl (C=O) groups excluding carboxylic acids is 4. The summed E-state index contributed by atoms with van der Waals surface area (Å²) in [5.41, 5.74) is 4.06. The summed E-state index contributed by atoms with van der Waals surface area (Å²) in [4.78, 5) is 61.1. The summed E-state index contributed by atoms with van der Waals surface area (Å²) in [6, 6.07) is 4.78. The number of carboxylic acid groups (broad SMARTS) is 1. The molecule has 4 N–H and O–H groups in total. The van der Waals surface area contributed by atoms with Crippen molar-refractivity contribution in [3.8, 4) is 0 Å². The summed E-state index contributed by atoms with van der Waals surface area (Å²) in [5, 5.41) is 8.47. The largest absolute Gasteiger partial charge is 0.477 e. The van der Waals surface area contributed by atoms with Gasteiger partial charge in [0.1, 0.15) is 17.1 Å². The van der Waals surface area contributed by atoms with Crippen LogP contribution in [0.2, 0.25) is 0 Å². The summed E-state index contributed by atoms with van der Waals surface area (Å²) in [6.45, 7) is 9.60. The van der Waals surface area contributed by atoms with E-state index < -0.39 is 11.9 Å². The molecule has 0 aliphatic rings. The van der Waals surface area contributed by atoms with Gasteiger partial charge in [0.05, 0.1) is 24.6 Å². The predicted octanol–water partition coefficient (Wildman–Crippen LogP) is 3.65. The Hall–Kier alpha value is -4.41. The molecule has 35 heavy (non-hydrogen) atoms. The van der Waals surface area contributed by atoms with Gasteiger partial charge in [0.15, 0.2) is 12.6 Å². The van der Waals surface area contributed by atoms with Gasteiger partial charge >= 0.3 is 17.9 Å². The lowest BCUT2D eigenvalue weighted by molar-refractivity contribution is 0.0510. The first-order valence-corrected chi connectivity index (χ1v) is 10.6. The van der Waals surface area contributed by atoms with Crippen molar-refractivity contribution in [3.63, 3.8) is 0 Å². The first-order valence-electron chi connectivity index (χ1n) is 10.6. The number of carboxylic acids is 1. The summed E-state index contributed by atoms with van der Waals surface area (Å²) in [6.07, 6.45) is 3.05. The molecule has 11 nitrogen and oxygen atoms in total. The highest BCUT2D eigenvalue weighted by Crippen LogP contribution is 2.09. The fourth-order valence-corrected chi connectivity index (χ4v) is 2.66. The van der Waals surface area contributed by atoms with Crippen molar-refractivity contribution in [2.45, 2.75) is 34.6 Å². The predicted molar refractivity (Wildman–Crippen MR) is 126 cm³/mol. The average molecular weight is 488 g/mol. The van der Waals surface area contributed by atoms with E-state index in [9.17, 15) is 24.0 Å². The van der Waals surface area contributed by atoms with E-state index in [0.717, 1.165) is 11.1 Å². The highest BCUT2D eigenvalue weighted by Gasteiger charge is 2.11. The monoisotopic (exact) mass is 487 g/mol. The number of hydrogen-bond donors (Lipinski definition) is 4. The minimum atomic E-state index is -1.05. The van der Waals surface area contributed by atoms with Crippen LogP contribution < -0.4 is 0 Å². The minimum Gasteiger partial charge on any atom is -0.477 e. The van der Waals surface area contributed by atoms with E-state index in [1.54, 1.807) is 46.0 Å². The Kier molecular flexibility index (Phi) is 11.4. The molecule has 0 amide bonds. The lowest BCUT2D eigenvalue weighted by Crippen LogP contribution is -2.04. The van der Waals surface area contributed by atoms with Crippen molar-refractivity contribution < 1.29 is 38.6 Å².